The van der Waals surface area contributed by atoms with Gasteiger partial charge < -0.3 is 14.3 Å². The Kier molecular flexibility index (Phi) is 5.32. The minimum atomic E-state index is -0.409. The molecular formula is C35H52O3. The normalized spacial score (nSPS) is 53.5. The first-order valence-corrected chi connectivity index (χ1v) is 15.8. The van der Waals surface area contributed by atoms with Gasteiger partial charge >= 0.3 is 0 Å². The highest BCUT2D eigenvalue weighted by atomic mass is 16.5. The lowest BCUT2D eigenvalue weighted by molar-refractivity contribution is -0.245. The molecule has 38 heavy (non-hydrogen) atoms. The van der Waals surface area contributed by atoms with Crippen molar-refractivity contribution >= 4 is 6.08 Å². The van der Waals surface area contributed by atoms with Crippen LogP contribution in [0.3, 0.4) is 0 Å². The van der Waals surface area contributed by atoms with Gasteiger partial charge in [0.2, 0.25) is 0 Å². The summed E-state index contributed by atoms with van der Waals surface area (Å²) in [4.78, 5) is 0. The van der Waals surface area contributed by atoms with Gasteiger partial charge in [0.15, 0.2) is 0 Å². The number of aliphatic hydroxyl groups is 1. The summed E-state index contributed by atoms with van der Waals surface area (Å²) < 4.78 is 12.5. The highest BCUT2D eigenvalue weighted by Crippen LogP contribution is 2.78. The topological polar surface area (TPSA) is 42.6 Å². The molecular weight excluding hydrogens is 468 g/mol. The summed E-state index contributed by atoms with van der Waals surface area (Å²) in [7, 11) is 0. The predicted octanol–water partition coefficient (Wildman–Crippen LogP) is 8.52. The molecule has 0 unspecified atom stereocenters. The monoisotopic (exact) mass is 520 g/mol. The Bertz CT molecular complexity index is 1130. The van der Waals surface area contributed by atoms with Crippen LogP contribution in [0.2, 0.25) is 0 Å². The molecule has 5 aliphatic carbocycles. The van der Waals surface area contributed by atoms with Crippen LogP contribution in [0, 0.1) is 56.2 Å². The van der Waals surface area contributed by atoms with Crippen LogP contribution in [0.5, 0.6) is 0 Å². The van der Waals surface area contributed by atoms with Gasteiger partial charge in [-0.25, -0.2) is 0 Å². The number of rotatable bonds is 1. The Morgan fingerprint density at radius 3 is 2.37 bits per heavy atom. The first-order chi connectivity index (χ1) is 17.8. The van der Waals surface area contributed by atoms with E-state index in [4.69, 9.17) is 9.15 Å². The largest absolute Gasteiger partial charge is 0.465 e. The second-order valence-corrected chi connectivity index (χ2v) is 16.9. The summed E-state index contributed by atoms with van der Waals surface area (Å²) in [6.07, 6.45) is 15.6. The lowest BCUT2D eigenvalue weighted by Crippen LogP contribution is -2.68. The molecule has 1 N–H and O–H groups in total. The summed E-state index contributed by atoms with van der Waals surface area (Å²) in [5.41, 5.74) is 2.69. The number of fused-ring (bicyclic) bond motifs is 5. The molecule has 0 aromatic carbocycles. The van der Waals surface area contributed by atoms with Crippen LogP contribution < -0.4 is 0 Å². The molecule has 2 heterocycles. The first kappa shape index (κ1) is 25.9. The van der Waals surface area contributed by atoms with Crippen LogP contribution >= 0.6 is 0 Å². The van der Waals surface area contributed by atoms with Gasteiger partial charge in [0.1, 0.15) is 5.76 Å². The molecule has 1 aromatic heterocycles. The molecule has 0 radical (unpaired) electrons. The molecule has 5 saturated carbocycles. The van der Waals surface area contributed by atoms with E-state index in [0.29, 0.717) is 39.6 Å². The molecule has 210 valence electrons. The summed E-state index contributed by atoms with van der Waals surface area (Å²) in [6.45, 7) is 18.7. The molecule has 0 spiro atoms. The van der Waals surface area contributed by atoms with Crippen LogP contribution in [0.15, 0.2) is 28.4 Å². The fourth-order valence-corrected chi connectivity index (χ4v) is 12.7. The zero-order valence-corrected chi connectivity index (χ0v) is 25.1. The second kappa shape index (κ2) is 7.81. The number of hydrogen-bond donors (Lipinski definition) is 1. The molecule has 3 heteroatoms. The number of hydrogen-bond acceptors (Lipinski definition) is 3. The van der Waals surface area contributed by atoms with Gasteiger partial charge in [0.05, 0.1) is 25.1 Å². The lowest BCUT2D eigenvalue weighted by Gasteiger charge is -2.73. The maximum atomic E-state index is 11.7. The van der Waals surface area contributed by atoms with E-state index in [2.05, 4.69) is 54.5 Å². The van der Waals surface area contributed by atoms with E-state index in [1.807, 2.05) is 12.1 Å². The molecule has 10 atom stereocenters. The van der Waals surface area contributed by atoms with Gasteiger partial charge in [-0.1, -0.05) is 48.5 Å². The summed E-state index contributed by atoms with van der Waals surface area (Å²) in [5, 5.41) is 11.7. The zero-order valence-electron chi connectivity index (χ0n) is 25.1. The van der Waals surface area contributed by atoms with E-state index in [1.165, 1.54) is 56.9 Å². The molecule has 0 amide bonds. The van der Waals surface area contributed by atoms with Crippen LogP contribution in [0.4, 0.5) is 0 Å². The van der Waals surface area contributed by atoms with Gasteiger partial charge in [0.25, 0.3) is 0 Å². The third-order valence-corrected chi connectivity index (χ3v) is 14.8. The average Bonchev–Trinajstić information content (AvgIpc) is 3.47. The summed E-state index contributed by atoms with van der Waals surface area (Å²) in [5.74, 6) is 3.63. The van der Waals surface area contributed by atoms with E-state index in [0.717, 1.165) is 30.6 Å². The Morgan fingerprint density at radius 1 is 0.868 bits per heavy atom. The van der Waals surface area contributed by atoms with E-state index < -0.39 is 6.10 Å². The highest BCUT2D eigenvalue weighted by Gasteiger charge is 2.73. The van der Waals surface area contributed by atoms with Crippen LogP contribution in [-0.2, 0) is 4.74 Å². The Morgan fingerprint density at radius 2 is 1.63 bits per heavy atom. The highest BCUT2D eigenvalue weighted by molar-refractivity contribution is 5.50. The smallest absolute Gasteiger partial charge is 0.126 e. The maximum Gasteiger partial charge on any atom is 0.126 e. The maximum absolute atomic E-state index is 11.7. The fraction of sp³-hybridized carbons (Fsp3) is 0.829. The molecule has 6 fully saturated rings. The van der Waals surface area contributed by atoms with Crippen molar-refractivity contribution in [2.24, 2.45) is 56.2 Å². The van der Waals surface area contributed by atoms with Crippen molar-refractivity contribution in [3.05, 3.63) is 29.7 Å². The summed E-state index contributed by atoms with van der Waals surface area (Å²) in [6, 6.07) is 3.98. The van der Waals surface area contributed by atoms with Crippen molar-refractivity contribution in [2.75, 3.05) is 6.61 Å². The van der Waals surface area contributed by atoms with Crippen LogP contribution in [0.25, 0.3) is 6.08 Å². The molecule has 3 nitrogen and oxygen atoms in total. The van der Waals surface area contributed by atoms with Crippen molar-refractivity contribution in [2.45, 2.75) is 118 Å². The Hall–Kier alpha value is -1.06. The molecule has 7 rings (SSSR count). The van der Waals surface area contributed by atoms with Crippen molar-refractivity contribution in [1.29, 1.82) is 0 Å². The van der Waals surface area contributed by atoms with Gasteiger partial charge in [-0.3, -0.25) is 0 Å². The molecule has 2 bridgehead atoms. The van der Waals surface area contributed by atoms with Gasteiger partial charge in [-0.15, -0.1) is 0 Å². The standard InChI is InChI=1S/C35H52O3/c1-30(2)14-16-35-17-15-33(6)24(27(35)29(30)38-21-35)10-11-26-32(5)20-22(19-23-9-8-18-37-23)28(36)31(3,4)25(32)12-13-34(26,33)7/h8-9,18-19,24-29,36H,10-17,20-21H2,1-7H3/b22-19+/t24-,25+,26-,27-,28+,29-,32+,33-,34-,35-/m1/s1. The lowest BCUT2D eigenvalue weighted by atomic mass is 9.31. The van der Waals surface area contributed by atoms with Crippen LogP contribution in [0.1, 0.15) is 112 Å². The predicted molar refractivity (Wildman–Crippen MR) is 152 cm³/mol. The second-order valence-electron chi connectivity index (χ2n) is 16.9. The van der Waals surface area contributed by atoms with E-state index in [-0.39, 0.29) is 10.8 Å². The Labute approximate surface area is 231 Å². The number of ether oxygens (including phenoxy) is 1. The molecule has 1 aliphatic heterocycles. The molecule has 6 aliphatic rings. The average molecular weight is 521 g/mol. The zero-order chi connectivity index (χ0) is 26.9. The molecule has 1 saturated heterocycles. The van der Waals surface area contributed by atoms with Gasteiger partial charge in [-0.05, 0) is 138 Å². The van der Waals surface area contributed by atoms with Gasteiger partial charge in [-0.2, -0.15) is 0 Å². The van der Waals surface area contributed by atoms with Crippen molar-refractivity contribution < 1.29 is 14.3 Å². The van der Waals surface area contributed by atoms with E-state index >= 15 is 0 Å². The van der Waals surface area contributed by atoms with Crippen molar-refractivity contribution in [3.63, 3.8) is 0 Å². The number of furan rings is 1. The first-order valence-electron chi connectivity index (χ1n) is 15.8. The van der Waals surface area contributed by atoms with Gasteiger partial charge in [0, 0.05) is 0 Å². The van der Waals surface area contributed by atoms with Crippen molar-refractivity contribution in [1.82, 2.24) is 0 Å². The van der Waals surface area contributed by atoms with E-state index in [9.17, 15) is 5.11 Å². The van der Waals surface area contributed by atoms with Crippen LogP contribution in [-0.4, -0.2) is 23.9 Å². The minimum absolute atomic E-state index is 0.137. The quantitative estimate of drug-likeness (QED) is 0.403. The van der Waals surface area contributed by atoms with Crippen molar-refractivity contribution in [3.8, 4) is 0 Å². The van der Waals surface area contributed by atoms with E-state index in [1.54, 1.807) is 6.26 Å². The Balaban J connectivity index is 1.28. The summed E-state index contributed by atoms with van der Waals surface area (Å²) >= 11 is 0. The SMILES string of the molecule is CC1(C)CC[C@]23CC[C@]4(C)[C@H](CC[C@@H]5[C@@]6(C)C/C(=C\c7ccco7)[C@H](O)C(C)(C)[C@@H]6CC[C@]54C)[C@@H]2[C@H]1OC3. The minimum Gasteiger partial charge on any atom is -0.465 e. The third-order valence-electron chi connectivity index (χ3n) is 14.8. The molecule has 1 aromatic rings. The number of aliphatic hydroxyl groups excluding tert-OH is 1. The fourth-order valence-electron chi connectivity index (χ4n) is 12.7. The third kappa shape index (κ3) is 3.05.